The van der Waals surface area contributed by atoms with Crippen molar-refractivity contribution < 1.29 is 44.2 Å². The van der Waals surface area contributed by atoms with Crippen LogP contribution in [-0.2, 0) is 35.3 Å². The number of carbonyl (C=O) groups is 2. The molecule has 0 spiro atoms. The molecule has 0 radical (unpaired) electrons. The van der Waals surface area contributed by atoms with Crippen molar-refractivity contribution in [1.29, 1.82) is 0 Å². The lowest BCUT2D eigenvalue weighted by molar-refractivity contribution is -0.287. The molecule has 14 nitrogen and oxygen atoms in total. The van der Waals surface area contributed by atoms with Gasteiger partial charge >= 0.3 is 0 Å². The second-order valence-corrected chi connectivity index (χ2v) is 12.3. The average molecular weight is 698 g/mol. The van der Waals surface area contributed by atoms with Crippen LogP contribution in [0.2, 0.25) is 0 Å². The molecular formula is C37H39N5O9. The van der Waals surface area contributed by atoms with Crippen LogP contribution < -0.4 is 21.9 Å². The van der Waals surface area contributed by atoms with Crippen LogP contribution in [0.4, 0.5) is 5.82 Å². The van der Waals surface area contributed by atoms with Crippen LogP contribution in [0.15, 0.2) is 77.9 Å². The first-order valence-electron chi connectivity index (χ1n) is 16.4. The Labute approximate surface area is 293 Å². The van der Waals surface area contributed by atoms with E-state index >= 15 is 0 Å². The Kier molecular flexibility index (Phi) is 10.6. The van der Waals surface area contributed by atoms with Gasteiger partial charge in [-0.1, -0.05) is 54.6 Å². The molecule has 2 aliphatic rings. The van der Waals surface area contributed by atoms with Crippen molar-refractivity contribution in [2.75, 3.05) is 18.9 Å². The fourth-order valence-corrected chi connectivity index (χ4v) is 6.50. The van der Waals surface area contributed by atoms with E-state index in [1.165, 1.54) is 6.07 Å². The molecule has 1 aromatic heterocycles. The SMILES string of the molecule is NC(N)=NCc1c(CCc2ccccc2)c2c(c(O)c1O[C@H]1O[C@@H](CO)[C@H](O)[C@@H](O)[C@@H]1OCCc1ccnc(N)c1)C(=O)c1ccccc1C2=O. The van der Waals surface area contributed by atoms with E-state index in [1.54, 1.807) is 36.5 Å². The number of nitrogens with zero attached hydrogens (tertiary/aromatic N) is 2. The average Bonchev–Trinajstić information content (AvgIpc) is 3.13. The zero-order valence-electron chi connectivity index (χ0n) is 27.5. The van der Waals surface area contributed by atoms with E-state index in [2.05, 4.69) is 9.98 Å². The van der Waals surface area contributed by atoms with Crippen molar-refractivity contribution in [3.8, 4) is 11.5 Å². The molecule has 4 aromatic rings. The second kappa shape index (κ2) is 15.2. The van der Waals surface area contributed by atoms with E-state index in [1.807, 2.05) is 30.3 Å². The molecule has 266 valence electrons. The molecule has 1 fully saturated rings. The Balaban J connectivity index is 1.47. The Morgan fingerprint density at radius 3 is 2.22 bits per heavy atom. The summed E-state index contributed by atoms with van der Waals surface area (Å²) >= 11 is 0. The van der Waals surface area contributed by atoms with Crippen LogP contribution in [0.5, 0.6) is 11.5 Å². The van der Waals surface area contributed by atoms with Gasteiger partial charge in [0.05, 0.1) is 25.3 Å². The van der Waals surface area contributed by atoms with E-state index in [4.69, 9.17) is 31.4 Å². The number of nitrogens with two attached hydrogens (primary N) is 3. The number of nitrogen functional groups attached to an aromatic ring is 1. The summed E-state index contributed by atoms with van der Waals surface area (Å²) in [6.07, 6.45) is -4.88. The molecule has 14 heteroatoms. The first-order valence-corrected chi connectivity index (χ1v) is 16.4. The molecule has 1 aliphatic heterocycles. The van der Waals surface area contributed by atoms with Crippen LogP contribution in [0.25, 0.3) is 0 Å². The number of ether oxygens (including phenoxy) is 3. The summed E-state index contributed by atoms with van der Waals surface area (Å²) in [5.41, 5.74) is 19.6. The maximum atomic E-state index is 14.2. The summed E-state index contributed by atoms with van der Waals surface area (Å²) in [4.78, 5) is 36.4. The molecule has 5 atom stereocenters. The molecule has 0 bridgehead atoms. The maximum absolute atomic E-state index is 14.2. The van der Waals surface area contributed by atoms with Gasteiger partial charge in [-0.2, -0.15) is 0 Å². The minimum Gasteiger partial charge on any atom is -0.504 e. The van der Waals surface area contributed by atoms with Gasteiger partial charge < -0.3 is 51.8 Å². The van der Waals surface area contributed by atoms with Crippen molar-refractivity contribution in [3.05, 3.63) is 117 Å². The van der Waals surface area contributed by atoms with Gasteiger partial charge in [0.25, 0.3) is 0 Å². The van der Waals surface area contributed by atoms with Gasteiger partial charge in [0.1, 0.15) is 30.2 Å². The number of aromatic nitrogens is 1. The summed E-state index contributed by atoms with van der Waals surface area (Å²) in [6.45, 7) is -0.958. The lowest BCUT2D eigenvalue weighted by Gasteiger charge is -2.42. The molecule has 0 saturated carbocycles. The van der Waals surface area contributed by atoms with Gasteiger partial charge in [-0.05, 0) is 48.1 Å². The van der Waals surface area contributed by atoms with Gasteiger partial charge in [-0.3, -0.25) is 9.59 Å². The highest BCUT2D eigenvalue weighted by Crippen LogP contribution is 2.46. The molecule has 2 heterocycles. The Hall–Kier alpha value is -5.38. The number of aromatic hydroxyl groups is 1. The third-order valence-corrected chi connectivity index (χ3v) is 9.04. The van der Waals surface area contributed by atoms with Gasteiger partial charge in [-0.25, -0.2) is 9.98 Å². The van der Waals surface area contributed by atoms with E-state index in [9.17, 15) is 30.0 Å². The predicted molar refractivity (Wildman–Crippen MR) is 185 cm³/mol. The van der Waals surface area contributed by atoms with Crippen molar-refractivity contribution in [2.24, 2.45) is 16.5 Å². The number of phenols is 1. The van der Waals surface area contributed by atoms with Crippen LogP contribution in [0.1, 0.15) is 54.1 Å². The number of aliphatic hydroxyl groups excluding tert-OH is 3. The molecular weight excluding hydrogens is 658 g/mol. The molecule has 0 unspecified atom stereocenters. The monoisotopic (exact) mass is 697 g/mol. The highest BCUT2D eigenvalue weighted by Gasteiger charge is 2.47. The number of hydrogen-bond donors (Lipinski definition) is 7. The number of hydrogen-bond acceptors (Lipinski definition) is 12. The number of ketones is 2. The molecule has 0 amide bonds. The number of anilines is 1. The summed E-state index contributed by atoms with van der Waals surface area (Å²) < 4.78 is 18.3. The standard InChI is InChI=1S/C37H39N5O9/c38-26-16-20(12-14-41-26)13-15-49-35-33(48)31(46)25(18-43)50-36(35)51-34-24(17-42-37(39)40)21(11-10-19-6-2-1-3-7-19)27-28(32(34)47)30(45)23-9-5-4-8-22(23)29(27)44/h1-9,12,14,16,25,31,33,35-36,43,46-48H,10-11,13,15,17-18H2,(H2,38,41)(H4,39,40,42)/t25-,31-,33+,35-,36+/m0/s1. The number of benzene rings is 3. The fourth-order valence-electron chi connectivity index (χ4n) is 6.50. The summed E-state index contributed by atoms with van der Waals surface area (Å²) in [6, 6.07) is 19.2. The highest BCUT2D eigenvalue weighted by atomic mass is 16.7. The number of guanidine groups is 1. The first kappa shape index (κ1) is 35.4. The summed E-state index contributed by atoms with van der Waals surface area (Å²) in [5, 5.41) is 43.9. The van der Waals surface area contributed by atoms with E-state index in [0.717, 1.165) is 11.1 Å². The highest BCUT2D eigenvalue weighted by molar-refractivity contribution is 6.30. The zero-order chi connectivity index (χ0) is 36.2. The summed E-state index contributed by atoms with van der Waals surface area (Å²) in [5.74, 6) is -2.01. The first-order chi connectivity index (χ1) is 24.6. The zero-order valence-corrected chi connectivity index (χ0v) is 27.5. The number of carbonyl (C=O) groups excluding carboxylic acids is 2. The van der Waals surface area contributed by atoms with Crippen LogP contribution >= 0.6 is 0 Å². The number of aliphatic imine (C=N–C) groups is 1. The van der Waals surface area contributed by atoms with Gasteiger partial charge in [0, 0.05) is 28.5 Å². The topological polar surface area (TPSA) is 246 Å². The number of fused-ring (bicyclic) bond motifs is 2. The van der Waals surface area contributed by atoms with Crippen LogP contribution in [-0.4, -0.2) is 86.9 Å². The fraction of sp³-hybridized carbons (Fsp3) is 0.297. The third kappa shape index (κ3) is 7.27. The molecule has 6 rings (SSSR count). The predicted octanol–water partition coefficient (Wildman–Crippen LogP) is 1.15. The minimum atomic E-state index is -1.61. The van der Waals surface area contributed by atoms with Crippen molar-refractivity contribution in [1.82, 2.24) is 4.98 Å². The van der Waals surface area contributed by atoms with Crippen LogP contribution in [0.3, 0.4) is 0 Å². The molecule has 1 aliphatic carbocycles. The lowest BCUT2D eigenvalue weighted by Crippen LogP contribution is -2.61. The van der Waals surface area contributed by atoms with Gasteiger partial charge in [0.2, 0.25) is 6.29 Å². The van der Waals surface area contributed by atoms with Gasteiger partial charge in [0.15, 0.2) is 29.0 Å². The number of phenolic OH excluding ortho intramolecular Hbond substituents is 1. The Morgan fingerprint density at radius 1 is 0.863 bits per heavy atom. The molecule has 51 heavy (non-hydrogen) atoms. The Bertz CT molecular complexity index is 1950. The second-order valence-electron chi connectivity index (χ2n) is 12.3. The molecule has 1 saturated heterocycles. The minimum absolute atomic E-state index is 0.00190. The van der Waals surface area contributed by atoms with Crippen LogP contribution in [0, 0.1) is 0 Å². The van der Waals surface area contributed by atoms with E-state index < -0.39 is 54.6 Å². The number of aryl methyl sites for hydroxylation is 1. The van der Waals surface area contributed by atoms with E-state index in [0.29, 0.717) is 24.2 Å². The number of aliphatic hydroxyl groups is 3. The Morgan fingerprint density at radius 2 is 1.55 bits per heavy atom. The number of rotatable bonds is 12. The third-order valence-electron chi connectivity index (χ3n) is 9.04. The van der Waals surface area contributed by atoms with Gasteiger partial charge in [-0.15, -0.1) is 0 Å². The number of pyridine rings is 1. The molecule has 10 N–H and O–H groups in total. The quantitative estimate of drug-likeness (QED) is 0.0715. The largest absolute Gasteiger partial charge is 0.504 e. The molecule has 3 aromatic carbocycles. The maximum Gasteiger partial charge on any atom is 0.229 e. The van der Waals surface area contributed by atoms with E-state index in [-0.39, 0.29) is 59.1 Å². The normalized spacial score (nSPS) is 21.1. The smallest absolute Gasteiger partial charge is 0.229 e. The summed E-state index contributed by atoms with van der Waals surface area (Å²) in [7, 11) is 0. The van der Waals surface area contributed by atoms with Crippen molar-refractivity contribution in [3.63, 3.8) is 0 Å². The van der Waals surface area contributed by atoms with Crippen molar-refractivity contribution in [2.45, 2.75) is 56.5 Å². The lowest BCUT2D eigenvalue weighted by atomic mass is 9.78. The van der Waals surface area contributed by atoms with Crippen molar-refractivity contribution >= 4 is 23.3 Å².